The van der Waals surface area contributed by atoms with E-state index >= 15 is 4.39 Å². The average Bonchev–Trinajstić information content (AvgIpc) is 3.72. The summed E-state index contributed by atoms with van der Waals surface area (Å²) in [5.41, 5.74) is 11.0. The largest absolute Gasteiger partial charge is 0.472 e. The van der Waals surface area contributed by atoms with Gasteiger partial charge in [0.05, 0.1) is 25.9 Å². The maximum absolute atomic E-state index is 15.7. The van der Waals surface area contributed by atoms with Gasteiger partial charge in [-0.3, -0.25) is 37.0 Å². The molecule has 3 aliphatic heterocycles. The molecule has 9 atom stereocenters. The van der Waals surface area contributed by atoms with E-state index in [0.717, 1.165) is 10.9 Å². The maximum atomic E-state index is 15.7. The lowest BCUT2D eigenvalue weighted by Crippen LogP contribution is -2.32. The van der Waals surface area contributed by atoms with Gasteiger partial charge in [-0.1, -0.05) is 0 Å². The Bertz CT molecular complexity index is 1910. The molecule has 4 aromatic heterocycles. The van der Waals surface area contributed by atoms with Gasteiger partial charge in [0.1, 0.15) is 42.5 Å². The van der Waals surface area contributed by atoms with Crippen LogP contribution in [0.3, 0.4) is 0 Å². The van der Waals surface area contributed by atoms with Gasteiger partial charge in [-0.05, 0) is 0 Å². The molecule has 26 heteroatoms. The number of alkyl halides is 1. The Labute approximate surface area is 255 Å². The lowest BCUT2D eigenvalue weighted by molar-refractivity contribution is -0.0668. The number of phosphoric ester groups is 2. The Balaban J connectivity index is 0.00000208. The molecule has 0 aromatic carbocycles. The zero-order valence-corrected chi connectivity index (χ0v) is 25.2. The minimum absolute atomic E-state index is 0. The molecular formula is C20H29FN12O11P2. The van der Waals surface area contributed by atoms with Crippen molar-refractivity contribution in [3.63, 3.8) is 0 Å². The van der Waals surface area contributed by atoms with Crippen LogP contribution >= 0.6 is 15.6 Å². The summed E-state index contributed by atoms with van der Waals surface area (Å²) in [6.45, 7) is -1.56. The number of nitrogen functional groups attached to an aromatic ring is 2. The number of phosphoric acid groups is 2. The molecule has 0 radical (unpaired) electrons. The zero-order chi connectivity index (χ0) is 31.0. The van der Waals surface area contributed by atoms with E-state index in [0.29, 0.717) is 0 Å². The van der Waals surface area contributed by atoms with Crippen molar-refractivity contribution in [3.8, 4) is 0 Å². The highest BCUT2D eigenvalue weighted by Crippen LogP contribution is 2.54. The highest BCUT2D eigenvalue weighted by Gasteiger charge is 2.53. The van der Waals surface area contributed by atoms with Crippen LogP contribution in [-0.4, -0.2) is 92.6 Å². The summed E-state index contributed by atoms with van der Waals surface area (Å²) in [4.78, 5) is 55.7. The normalized spacial score (nSPS) is 35.0. The molecule has 7 heterocycles. The van der Waals surface area contributed by atoms with Gasteiger partial charge in [0.2, 0.25) is 5.95 Å². The van der Waals surface area contributed by atoms with E-state index in [9.17, 15) is 23.7 Å². The molecule has 7 rings (SSSR count). The molecule has 46 heavy (non-hydrogen) atoms. The molecule has 2 unspecified atom stereocenters. The van der Waals surface area contributed by atoms with E-state index in [2.05, 4.69) is 29.9 Å². The second-order valence-electron chi connectivity index (χ2n) is 9.98. The van der Waals surface area contributed by atoms with Gasteiger partial charge in [0, 0.05) is 6.42 Å². The van der Waals surface area contributed by atoms with Gasteiger partial charge in [-0.15, -0.1) is 0 Å². The number of anilines is 2. The maximum Gasteiger partial charge on any atom is 0.472 e. The molecule has 23 nitrogen and oxygen atoms in total. The number of ether oxygens (including phenoxy) is 2. The number of halogens is 1. The van der Waals surface area contributed by atoms with Crippen LogP contribution in [0.25, 0.3) is 22.3 Å². The van der Waals surface area contributed by atoms with Crippen LogP contribution in [0.5, 0.6) is 0 Å². The predicted octanol–water partition coefficient (Wildman–Crippen LogP) is -0.0111. The van der Waals surface area contributed by atoms with E-state index in [1.165, 1.54) is 17.2 Å². The summed E-state index contributed by atoms with van der Waals surface area (Å²) >= 11 is 0. The second-order valence-corrected chi connectivity index (χ2v) is 12.8. The third kappa shape index (κ3) is 6.01. The number of aromatic nitrogens is 8. The number of hydrogen-bond donors (Lipinski definition) is 7. The fourth-order valence-electron chi connectivity index (χ4n) is 5.23. The first kappa shape index (κ1) is 33.8. The lowest BCUT2D eigenvalue weighted by Gasteiger charge is -2.25. The fraction of sp³-hybridized carbons (Fsp3) is 0.500. The second kappa shape index (κ2) is 12.3. The van der Waals surface area contributed by atoms with Crippen LogP contribution in [0.2, 0.25) is 0 Å². The number of nitrogens with zero attached hydrogens (tertiary/aromatic N) is 7. The van der Waals surface area contributed by atoms with Gasteiger partial charge in [0.15, 0.2) is 35.0 Å². The van der Waals surface area contributed by atoms with Crippen LogP contribution in [0.1, 0.15) is 18.9 Å². The van der Waals surface area contributed by atoms with Gasteiger partial charge in [-0.25, -0.2) is 33.5 Å². The summed E-state index contributed by atoms with van der Waals surface area (Å²) in [5.74, 6) is -0.186. The molecular weight excluding hydrogens is 665 g/mol. The minimum Gasteiger partial charge on any atom is -0.382 e. The summed E-state index contributed by atoms with van der Waals surface area (Å²) in [5, 5.41) is 0. The van der Waals surface area contributed by atoms with Gasteiger partial charge in [-0.2, -0.15) is 4.98 Å². The number of aromatic amines is 1. The zero-order valence-electron chi connectivity index (χ0n) is 23.4. The Morgan fingerprint density at radius 2 is 1.57 bits per heavy atom. The van der Waals surface area contributed by atoms with Crippen molar-refractivity contribution in [2.24, 2.45) is 0 Å². The number of nitrogens with two attached hydrogens (primary N) is 2. The molecule has 0 aliphatic carbocycles. The van der Waals surface area contributed by atoms with Crippen molar-refractivity contribution in [2.75, 3.05) is 24.7 Å². The molecule has 252 valence electrons. The van der Waals surface area contributed by atoms with Crippen LogP contribution in [0.4, 0.5) is 16.2 Å². The van der Waals surface area contributed by atoms with Crippen molar-refractivity contribution in [1.82, 2.24) is 51.3 Å². The monoisotopic (exact) mass is 694 g/mol. The van der Waals surface area contributed by atoms with Gasteiger partial charge in [0.25, 0.3) is 5.56 Å². The highest BCUT2D eigenvalue weighted by molar-refractivity contribution is 7.47. The Morgan fingerprint density at radius 3 is 2.33 bits per heavy atom. The molecule has 2 bridgehead atoms. The SMILES string of the molecule is N.N.Nc1nc2c(ncn2[C@@H]2O[C@@H]3COP(=O)(O)O[C@H]4C[C@H](n5cnc6c(N)ncnc65)O[C@@H]4COP(=O)(O)O[C@@H]2[C@@H]3F)c(=O)[nH]1. The van der Waals surface area contributed by atoms with E-state index < -0.39 is 77.5 Å². The quantitative estimate of drug-likeness (QED) is 0.136. The molecule has 0 saturated carbocycles. The molecule has 4 aromatic rings. The Hall–Kier alpha value is -3.51. The lowest BCUT2D eigenvalue weighted by atomic mass is 10.1. The predicted molar refractivity (Wildman–Crippen MR) is 151 cm³/mol. The first-order valence-corrected chi connectivity index (χ1v) is 15.8. The van der Waals surface area contributed by atoms with E-state index in [-0.39, 0.29) is 52.8 Å². The van der Waals surface area contributed by atoms with Gasteiger partial charge >= 0.3 is 15.6 Å². The Kier molecular flexibility index (Phi) is 9.02. The number of rotatable bonds is 2. The number of H-pyrrole nitrogens is 1. The summed E-state index contributed by atoms with van der Waals surface area (Å²) < 4.78 is 76.8. The summed E-state index contributed by atoms with van der Waals surface area (Å²) in [6.07, 6.45) is -7.12. The van der Waals surface area contributed by atoms with Crippen molar-refractivity contribution in [1.29, 1.82) is 0 Å². The summed E-state index contributed by atoms with van der Waals surface area (Å²) in [6, 6.07) is 0. The molecule has 0 spiro atoms. The van der Waals surface area contributed by atoms with Crippen molar-refractivity contribution >= 4 is 49.7 Å². The average molecular weight is 694 g/mol. The van der Waals surface area contributed by atoms with Gasteiger partial charge < -0.3 is 43.0 Å². The molecule has 3 fully saturated rings. The topological polar surface area (TPSA) is 359 Å². The number of fused-ring (bicyclic) bond motifs is 5. The van der Waals surface area contributed by atoms with Crippen LogP contribution in [0.15, 0.2) is 23.8 Å². The molecule has 13 N–H and O–H groups in total. The third-order valence-electron chi connectivity index (χ3n) is 7.19. The standard InChI is InChI=1S/C20H23FN10O11P2.2H3N/c21-11-9-3-38-43(33,34)41-7-1-10(30-5-26-12-15(22)24-4-25-16(12)30)39-8(7)2-37-44(35,36)42-14(11)19(40-9)31-6-27-13-17(31)28-20(23)29-18(13)32;;/h4-11,14,19H,1-3H2,(H,33,34)(H,35,36)(H2,22,24,25)(H3,23,28,29,32);2*1H3/t7-,8+,9+,10+,11+,14+,19+;;/m0../s1. The van der Waals surface area contributed by atoms with Crippen molar-refractivity contribution < 1.29 is 50.9 Å². The summed E-state index contributed by atoms with van der Waals surface area (Å²) in [7, 11) is -10.0. The molecule has 3 aliphatic rings. The Morgan fingerprint density at radius 1 is 0.891 bits per heavy atom. The number of hydrogen-bond acceptors (Lipinski definition) is 18. The minimum atomic E-state index is -5.09. The van der Waals surface area contributed by atoms with E-state index in [1.807, 2.05) is 0 Å². The third-order valence-corrected chi connectivity index (χ3v) is 9.19. The first-order chi connectivity index (χ1) is 20.9. The van der Waals surface area contributed by atoms with Crippen molar-refractivity contribution in [2.45, 2.75) is 49.5 Å². The van der Waals surface area contributed by atoms with Crippen LogP contribution in [-0.2, 0) is 36.7 Å². The van der Waals surface area contributed by atoms with Crippen molar-refractivity contribution in [3.05, 3.63) is 29.3 Å². The molecule has 0 amide bonds. The number of imidazole rings is 2. The van der Waals surface area contributed by atoms with E-state index in [1.54, 1.807) is 0 Å². The van der Waals surface area contributed by atoms with E-state index in [4.69, 9.17) is 39.0 Å². The highest BCUT2D eigenvalue weighted by atomic mass is 31.2. The van der Waals surface area contributed by atoms with Crippen LogP contribution < -0.4 is 29.3 Å². The number of nitrogens with one attached hydrogen (secondary N) is 1. The van der Waals surface area contributed by atoms with Crippen LogP contribution in [0, 0.1) is 0 Å². The fourth-order valence-corrected chi connectivity index (χ4v) is 7.11. The first-order valence-electron chi connectivity index (χ1n) is 12.8. The molecule has 3 saturated heterocycles. The smallest absolute Gasteiger partial charge is 0.382 e.